The number of benzene rings is 1. The van der Waals surface area contributed by atoms with E-state index in [-0.39, 0.29) is 0 Å². The van der Waals surface area contributed by atoms with Crippen LogP contribution in [0.25, 0.3) is 0 Å². The van der Waals surface area contributed by atoms with Gasteiger partial charge in [-0.25, -0.2) is 0 Å². The zero-order valence-corrected chi connectivity index (χ0v) is 17.6. The number of anilines is 1. The van der Waals surface area contributed by atoms with E-state index >= 15 is 0 Å². The van der Waals surface area contributed by atoms with Crippen molar-refractivity contribution in [3.8, 4) is 0 Å². The number of hydrogen-bond acceptors (Lipinski definition) is 9. The van der Waals surface area contributed by atoms with Crippen molar-refractivity contribution in [3.05, 3.63) is 29.3 Å². The van der Waals surface area contributed by atoms with E-state index in [1.165, 1.54) is 24.3 Å². The van der Waals surface area contributed by atoms with Crippen LogP contribution in [0, 0.1) is 0 Å². The van der Waals surface area contributed by atoms with Gasteiger partial charge in [-0.1, -0.05) is 11.6 Å². The molecule has 0 spiro atoms. The monoisotopic (exact) mass is 443 g/mol. The summed E-state index contributed by atoms with van der Waals surface area (Å²) >= 11 is 5.81. The van der Waals surface area contributed by atoms with E-state index in [9.17, 15) is 24.0 Å². The highest BCUT2D eigenvalue weighted by molar-refractivity contribution is 6.30. The third kappa shape index (κ3) is 8.91. The molecule has 1 N–H and O–H groups in total. The molecule has 0 unspecified atom stereocenters. The lowest BCUT2D eigenvalue weighted by Gasteiger charge is -2.30. The molecular weight excluding hydrogens is 422 g/mol. The fourth-order valence-electron chi connectivity index (χ4n) is 2.33. The number of hydrogen-bond donors (Lipinski definition) is 1. The highest BCUT2D eigenvalue weighted by atomic mass is 35.5. The largest absolute Gasteiger partial charge is 0.462 e. The number of nitrogens with one attached hydrogen (secondary N) is 1. The first kappa shape index (κ1) is 24.9. The van der Waals surface area contributed by atoms with Gasteiger partial charge in [-0.3, -0.25) is 24.0 Å². The van der Waals surface area contributed by atoms with Crippen LogP contribution in [0.2, 0.25) is 5.02 Å². The van der Waals surface area contributed by atoms with Gasteiger partial charge in [-0.15, -0.1) is 0 Å². The Balaban J connectivity index is 3.25. The lowest BCUT2D eigenvalue weighted by Crippen LogP contribution is -2.52. The first-order valence-electron chi connectivity index (χ1n) is 8.71. The van der Waals surface area contributed by atoms with E-state index < -0.39 is 54.7 Å². The highest BCUT2D eigenvalue weighted by Crippen LogP contribution is 2.19. The summed E-state index contributed by atoms with van der Waals surface area (Å²) in [5, 5.41) is 2.92. The van der Waals surface area contributed by atoms with Crippen molar-refractivity contribution in [3.63, 3.8) is 0 Å². The lowest BCUT2D eigenvalue weighted by molar-refractivity contribution is -0.190. The molecule has 11 heteroatoms. The molecule has 0 fully saturated rings. The molecule has 0 aliphatic rings. The van der Waals surface area contributed by atoms with Crippen molar-refractivity contribution in [2.24, 2.45) is 0 Å². The van der Waals surface area contributed by atoms with E-state index in [2.05, 4.69) is 5.32 Å². The van der Waals surface area contributed by atoms with Gasteiger partial charge in [0.15, 0.2) is 12.2 Å². The van der Waals surface area contributed by atoms with Crippen LogP contribution in [0.1, 0.15) is 27.7 Å². The van der Waals surface area contributed by atoms with Gasteiger partial charge in [-0.2, -0.15) is 0 Å². The van der Waals surface area contributed by atoms with E-state index in [0.717, 1.165) is 27.7 Å². The Kier molecular flexibility index (Phi) is 9.76. The minimum absolute atomic E-state index is 0.312. The van der Waals surface area contributed by atoms with Crippen LogP contribution in [0.5, 0.6) is 0 Å². The van der Waals surface area contributed by atoms with Crippen molar-refractivity contribution < 1.29 is 42.9 Å². The molecule has 1 amide bonds. The Morgan fingerprint density at radius 2 is 1.37 bits per heavy atom. The van der Waals surface area contributed by atoms with Gasteiger partial charge >= 0.3 is 23.9 Å². The fourth-order valence-corrected chi connectivity index (χ4v) is 2.45. The molecule has 1 aromatic rings. The Labute approximate surface area is 177 Å². The summed E-state index contributed by atoms with van der Waals surface area (Å²) in [7, 11) is 0. The second kappa shape index (κ2) is 11.8. The number of carbonyl (C=O) groups excluding carboxylic acids is 5. The second-order valence-electron chi connectivity index (χ2n) is 6.05. The van der Waals surface area contributed by atoms with Crippen molar-refractivity contribution >= 4 is 47.1 Å². The van der Waals surface area contributed by atoms with E-state index in [0.29, 0.717) is 10.7 Å². The summed E-state index contributed by atoms with van der Waals surface area (Å²) in [6.07, 6.45) is -4.74. The van der Waals surface area contributed by atoms with Crippen molar-refractivity contribution in [2.75, 3.05) is 11.9 Å². The van der Waals surface area contributed by atoms with Gasteiger partial charge in [0.2, 0.25) is 6.10 Å². The SMILES string of the molecule is CC(=O)OC[C@H](OC(C)=O)[C@H](OC(C)=O)[C@H](OC(C)=O)C(=O)Nc1ccc(Cl)cc1. The zero-order chi connectivity index (χ0) is 22.8. The fraction of sp³-hybridized carbons (Fsp3) is 0.421. The first-order valence-corrected chi connectivity index (χ1v) is 9.08. The third-order valence-electron chi connectivity index (χ3n) is 3.40. The van der Waals surface area contributed by atoms with Gasteiger partial charge < -0.3 is 24.3 Å². The molecule has 1 rings (SSSR count). The van der Waals surface area contributed by atoms with Gasteiger partial charge in [0.25, 0.3) is 5.91 Å². The van der Waals surface area contributed by atoms with E-state index in [1.54, 1.807) is 0 Å². The molecule has 1 aromatic carbocycles. The average molecular weight is 444 g/mol. The Morgan fingerprint density at radius 1 is 0.833 bits per heavy atom. The van der Waals surface area contributed by atoms with Crippen LogP contribution < -0.4 is 5.32 Å². The molecule has 0 radical (unpaired) electrons. The number of rotatable bonds is 9. The molecular formula is C19H22ClNO9. The second-order valence-corrected chi connectivity index (χ2v) is 6.49. The maximum absolute atomic E-state index is 12.8. The van der Waals surface area contributed by atoms with Crippen LogP contribution in [0.4, 0.5) is 5.69 Å². The molecule has 0 saturated carbocycles. The minimum atomic E-state index is -1.72. The third-order valence-corrected chi connectivity index (χ3v) is 3.65. The van der Waals surface area contributed by atoms with Crippen LogP contribution in [0.3, 0.4) is 0 Å². The molecule has 0 aliphatic carbocycles. The smallest absolute Gasteiger partial charge is 0.303 e. The van der Waals surface area contributed by atoms with Gasteiger partial charge in [0.1, 0.15) is 6.61 Å². The topological polar surface area (TPSA) is 134 Å². The van der Waals surface area contributed by atoms with Gasteiger partial charge in [0, 0.05) is 38.4 Å². The van der Waals surface area contributed by atoms with Crippen LogP contribution in [-0.2, 0) is 42.9 Å². The Bertz CT molecular complexity index is 794. The molecule has 30 heavy (non-hydrogen) atoms. The number of ether oxygens (including phenoxy) is 4. The average Bonchev–Trinajstić information content (AvgIpc) is 2.62. The predicted molar refractivity (Wildman–Crippen MR) is 103 cm³/mol. The number of halogens is 1. The van der Waals surface area contributed by atoms with E-state index in [4.69, 9.17) is 30.5 Å². The standard InChI is InChI=1S/C19H22ClNO9/c1-10(22)27-9-16(28-11(2)23)17(29-12(3)24)18(30-13(4)25)19(26)21-15-7-5-14(20)6-8-15/h5-8,16-18H,9H2,1-4H3,(H,21,26)/t16-,17-,18-/m0/s1. The number of carbonyl (C=O) groups is 5. The predicted octanol–water partition coefficient (Wildman–Crippen LogP) is 1.64. The van der Waals surface area contributed by atoms with Crippen LogP contribution in [0.15, 0.2) is 24.3 Å². The van der Waals surface area contributed by atoms with Crippen molar-refractivity contribution in [2.45, 2.75) is 46.0 Å². The minimum Gasteiger partial charge on any atom is -0.462 e. The normalized spacial score (nSPS) is 13.2. The molecule has 0 aromatic heterocycles. The summed E-state index contributed by atoms with van der Waals surface area (Å²) in [5.74, 6) is -4.10. The first-order chi connectivity index (χ1) is 14.0. The molecule has 0 aliphatic heterocycles. The maximum Gasteiger partial charge on any atom is 0.303 e. The number of esters is 4. The summed E-state index contributed by atoms with van der Waals surface area (Å²) in [6, 6.07) is 6.02. The summed E-state index contributed by atoms with van der Waals surface area (Å²) in [5.41, 5.74) is 0.312. The quantitative estimate of drug-likeness (QED) is 0.446. The molecule has 164 valence electrons. The zero-order valence-electron chi connectivity index (χ0n) is 16.8. The maximum atomic E-state index is 12.8. The summed E-state index contributed by atoms with van der Waals surface area (Å²) in [4.78, 5) is 58.7. The van der Waals surface area contributed by atoms with Crippen LogP contribution >= 0.6 is 11.6 Å². The van der Waals surface area contributed by atoms with Gasteiger partial charge in [-0.05, 0) is 24.3 Å². The molecule has 3 atom stereocenters. The molecule has 10 nitrogen and oxygen atoms in total. The molecule has 0 bridgehead atoms. The van der Waals surface area contributed by atoms with Crippen molar-refractivity contribution in [1.29, 1.82) is 0 Å². The number of amides is 1. The highest BCUT2D eigenvalue weighted by Gasteiger charge is 2.42. The van der Waals surface area contributed by atoms with Crippen LogP contribution in [-0.4, -0.2) is 54.7 Å². The van der Waals surface area contributed by atoms with Crippen molar-refractivity contribution in [1.82, 2.24) is 0 Å². The summed E-state index contributed by atoms with van der Waals surface area (Å²) in [6.45, 7) is 3.73. The van der Waals surface area contributed by atoms with E-state index in [1.807, 2.05) is 0 Å². The molecule has 0 saturated heterocycles. The molecule has 0 heterocycles. The Morgan fingerprint density at radius 3 is 1.83 bits per heavy atom. The Hall–Kier alpha value is -3.14. The van der Waals surface area contributed by atoms with Gasteiger partial charge in [0.05, 0.1) is 0 Å². The summed E-state index contributed by atoms with van der Waals surface area (Å²) < 4.78 is 20.1. The lowest BCUT2D eigenvalue weighted by atomic mass is 10.1.